The first-order valence-electron chi connectivity index (χ1n) is 7.58. The van der Waals surface area contributed by atoms with Gasteiger partial charge in [-0.25, -0.2) is 0 Å². The minimum Gasteiger partial charge on any atom is -0.342 e. The topological polar surface area (TPSA) is 20.3 Å². The average molecular weight is 270 g/mol. The molecule has 3 heteroatoms. The van der Waals surface area contributed by atoms with Crippen LogP contribution in [-0.4, -0.2) is 29.3 Å². The highest BCUT2D eigenvalue weighted by Crippen LogP contribution is 2.49. The summed E-state index contributed by atoms with van der Waals surface area (Å²) in [4.78, 5) is 14.7. The predicted octanol–water partition coefficient (Wildman–Crippen LogP) is 3.29. The minimum atomic E-state index is 0.254. The van der Waals surface area contributed by atoms with Crippen molar-refractivity contribution in [3.8, 4) is 0 Å². The third kappa shape index (κ3) is 2.29. The zero-order valence-electron chi connectivity index (χ0n) is 11.3. The Balaban J connectivity index is 1.55. The van der Waals surface area contributed by atoms with Gasteiger partial charge in [-0.05, 0) is 56.8 Å². The molecule has 1 saturated heterocycles. The van der Waals surface area contributed by atoms with Gasteiger partial charge in [-0.2, -0.15) is 0 Å². The number of hydrogen-bond acceptors (Lipinski definition) is 1. The van der Waals surface area contributed by atoms with E-state index in [9.17, 15) is 4.79 Å². The minimum absolute atomic E-state index is 0.254. The van der Waals surface area contributed by atoms with Gasteiger partial charge in [0.1, 0.15) is 0 Å². The molecule has 1 heterocycles. The number of carbonyl (C=O) groups excluding carboxylic acids is 1. The first-order chi connectivity index (χ1) is 8.65. The van der Waals surface area contributed by atoms with Crippen molar-refractivity contribution >= 4 is 17.5 Å². The van der Waals surface area contributed by atoms with E-state index in [0.29, 0.717) is 23.7 Å². The van der Waals surface area contributed by atoms with Crippen molar-refractivity contribution in [3.63, 3.8) is 0 Å². The summed E-state index contributed by atoms with van der Waals surface area (Å²) >= 11 is 6.16. The number of fused-ring (bicyclic) bond motifs is 2. The lowest BCUT2D eigenvalue weighted by molar-refractivity contribution is -0.138. The van der Waals surface area contributed by atoms with E-state index >= 15 is 0 Å². The highest BCUT2D eigenvalue weighted by Gasteiger charge is 2.44. The Morgan fingerprint density at radius 3 is 2.39 bits per heavy atom. The number of hydrogen-bond donors (Lipinski definition) is 0. The molecule has 3 rings (SSSR count). The maximum Gasteiger partial charge on any atom is 0.225 e. The van der Waals surface area contributed by atoms with Gasteiger partial charge in [0.15, 0.2) is 0 Å². The Labute approximate surface area is 115 Å². The van der Waals surface area contributed by atoms with Crippen LogP contribution in [0.2, 0.25) is 0 Å². The fourth-order valence-corrected chi connectivity index (χ4v) is 4.61. The molecule has 0 N–H and O–H groups in total. The number of amides is 1. The molecular formula is C15H24ClNO. The first kappa shape index (κ1) is 12.8. The molecule has 0 radical (unpaired) electrons. The van der Waals surface area contributed by atoms with Gasteiger partial charge in [0.25, 0.3) is 0 Å². The number of rotatable bonds is 2. The standard InChI is InChI=1S/C15H24ClNO/c1-10(16)12-4-6-17(7-5-12)15(18)14-9-11-2-3-13(14)8-11/h10-14H,2-9H2,1H3. The van der Waals surface area contributed by atoms with Crippen LogP contribution in [-0.2, 0) is 4.79 Å². The van der Waals surface area contributed by atoms with Crippen LogP contribution in [0.15, 0.2) is 0 Å². The van der Waals surface area contributed by atoms with Crippen LogP contribution in [0, 0.1) is 23.7 Å². The summed E-state index contributed by atoms with van der Waals surface area (Å²) in [5.41, 5.74) is 0. The van der Waals surface area contributed by atoms with Gasteiger partial charge in [0, 0.05) is 24.4 Å². The largest absolute Gasteiger partial charge is 0.342 e. The number of likely N-dealkylation sites (tertiary alicyclic amines) is 1. The van der Waals surface area contributed by atoms with Crippen molar-refractivity contribution in [3.05, 3.63) is 0 Å². The summed E-state index contributed by atoms with van der Waals surface area (Å²) in [6.45, 7) is 3.96. The molecule has 0 aromatic rings. The summed E-state index contributed by atoms with van der Waals surface area (Å²) in [6.07, 6.45) is 7.37. The lowest BCUT2D eigenvalue weighted by atomic mass is 9.86. The molecule has 2 nitrogen and oxygen atoms in total. The van der Waals surface area contributed by atoms with Gasteiger partial charge < -0.3 is 4.90 Å². The van der Waals surface area contributed by atoms with E-state index in [-0.39, 0.29) is 5.38 Å². The Kier molecular flexibility index (Phi) is 3.57. The van der Waals surface area contributed by atoms with Gasteiger partial charge >= 0.3 is 0 Å². The van der Waals surface area contributed by atoms with Crippen molar-refractivity contribution in [2.45, 2.75) is 50.8 Å². The molecular weight excluding hydrogens is 246 g/mol. The van der Waals surface area contributed by atoms with E-state index in [1.165, 1.54) is 25.7 Å². The van der Waals surface area contributed by atoms with E-state index in [4.69, 9.17) is 11.6 Å². The molecule has 0 aromatic carbocycles. The smallest absolute Gasteiger partial charge is 0.225 e. The molecule has 3 aliphatic rings. The molecule has 4 unspecified atom stereocenters. The van der Waals surface area contributed by atoms with Gasteiger partial charge in [-0.15, -0.1) is 11.6 Å². The van der Waals surface area contributed by atoms with Crippen LogP contribution >= 0.6 is 11.6 Å². The molecule has 2 saturated carbocycles. The number of halogens is 1. The maximum absolute atomic E-state index is 12.6. The van der Waals surface area contributed by atoms with Crippen molar-refractivity contribution < 1.29 is 4.79 Å². The Morgan fingerprint density at radius 1 is 1.17 bits per heavy atom. The predicted molar refractivity (Wildman–Crippen MR) is 73.6 cm³/mol. The SMILES string of the molecule is CC(Cl)C1CCN(C(=O)C2CC3CCC2C3)CC1. The first-order valence-corrected chi connectivity index (χ1v) is 8.01. The highest BCUT2D eigenvalue weighted by molar-refractivity contribution is 6.20. The van der Waals surface area contributed by atoms with Crippen LogP contribution in [0.4, 0.5) is 0 Å². The molecule has 1 amide bonds. The second kappa shape index (κ2) is 5.03. The number of alkyl halides is 1. The quantitative estimate of drug-likeness (QED) is 0.705. The normalized spacial score (nSPS) is 38.1. The van der Waals surface area contributed by atoms with Crippen LogP contribution in [0.5, 0.6) is 0 Å². The monoisotopic (exact) mass is 269 g/mol. The summed E-state index contributed by atoms with van der Waals surface area (Å²) < 4.78 is 0. The fourth-order valence-electron chi connectivity index (χ4n) is 4.36. The van der Waals surface area contributed by atoms with Crippen LogP contribution in [0.25, 0.3) is 0 Å². The highest BCUT2D eigenvalue weighted by atomic mass is 35.5. The van der Waals surface area contributed by atoms with Crippen molar-refractivity contribution in [1.29, 1.82) is 0 Å². The summed E-state index contributed by atoms with van der Waals surface area (Å²) in [5, 5.41) is 0.254. The molecule has 102 valence electrons. The van der Waals surface area contributed by atoms with Gasteiger partial charge in [0.05, 0.1) is 0 Å². The van der Waals surface area contributed by atoms with E-state index in [1.807, 2.05) is 0 Å². The molecule has 18 heavy (non-hydrogen) atoms. The molecule has 1 aliphatic heterocycles. The number of carbonyl (C=O) groups is 1. The van der Waals surface area contributed by atoms with Crippen molar-refractivity contribution in [2.24, 2.45) is 23.7 Å². The lowest BCUT2D eigenvalue weighted by Crippen LogP contribution is -2.44. The van der Waals surface area contributed by atoms with Crippen LogP contribution in [0.1, 0.15) is 45.4 Å². The molecule has 3 fully saturated rings. The number of nitrogens with zero attached hydrogens (tertiary/aromatic N) is 1. The molecule has 2 aliphatic carbocycles. The van der Waals surface area contributed by atoms with Gasteiger partial charge in [-0.3, -0.25) is 4.79 Å². The second-order valence-electron chi connectivity index (χ2n) is 6.62. The van der Waals surface area contributed by atoms with E-state index in [1.54, 1.807) is 0 Å². The Hall–Kier alpha value is -0.240. The zero-order chi connectivity index (χ0) is 12.7. The van der Waals surface area contributed by atoms with Gasteiger partial charge in [0.2, 0.25) is 5.91 Å². The molecule has 0 aromatic heterocycles. The maximum atomic E-state index is 12.6. The third-order valence-electron chi connectivity index (χ3n) is 5.56. The Morgan fingerprint density at radius 2 is 1.89 bits per heavy atom. The fraction of sp³-hybridized carbons (Fsp3) is 0.933. The average Bonchev–Trinajstić information content (AvgIpc) is 3.00. The molecule has 4 atom stereocenters. The third-order valence-corrected chi connectivity index (χ3v) is 5.91. The van der Waals surface area contributed by atoms with Crippen molar-refractivity contribution in [1.82, 2.24) is 4.90 Å². The van der Waals surface area contributed by atoms with E-state index in [0.717, 1.165) is 31.8 Å². The van der Waals surface area contributed by atoms with Crippen LogP contribution in [0.3, 0.4) is 0 Å². The number of piperidine rings is 1. The van der Waals surface area contributed by atoms with E-state index < -0.39 is 0 Å². The molecule has 0 spiro atoms. The summed E-state index contributed by atoms with van der Waals surface area (Å²) in [7, 11) is 0. The van der Waals surface area contributed by atoms with Crippen molar-refractivity contribution in [2.75, 3.05) is 13.1 Å². The van der Waals surface area contributed by atoms with Gasteiger partial charge in [-0.1, -0.05) is 6.42 Å². The molecule has 2 bridgehead atoms. The zero-order valence-corrected chi connectivity index (χ0v) is 12.0. The lowest BCUT2D eigenvalue weighted by Gasteiger charge is -2.36. The summed E-state index contributed by atoms with van der Waals surface area (Å²) in [6, 6.07) is 0. The Bertz CT molecular complexity index is 322. The summed E-state index contributed by atoms with van der Waals surface area (Å²) in [5.74, 6) is 3.02. The van der Waals surface area contributed by atoms with E-state index in [2.05, 4.69) is 11.8 Å². The van der Waals surface area contributed by atoms with Crippen LogP contribution < -0.4 is 0 Å². The second-order valence-corrected chi connectivity index (χ2v) is 7.31.